The van der Waals surface area contributed by atoms with Gasteiger partial charge in [0.1, 0.15) is 0 Å². The van der Waals surface area contributed by atoms with Crippen molar-refractivity contribution in [3.8, 4) is 0 Å². The van der Waals surface area contributed by atoms with Crippen LogP contribution in [0.15, 0.2) is 0 Å². The van der Waals surface area contributed by atoms with Crippen LogP contribution in [0.2, 0.25) is 0 Å². The molecule has 0 amide bonds. The van der Waals surface area contributed by atoms with Crippen LogP contribution in [0.4, 0.5) is 39.5 Å². The van der Waals surface area contributed by atoms with Crippen LogP contribution in [0.25, 0.3) is 0 Å². The van der Waals surface area contributed by atoms with Crippen LogP contribution in [0.3, 0.4) is 0 Å². The zero-order valence-corrected chi connectivity index (χ0v) is 26.9. The van der Waals surface area contributed by atoms with Crippen molar-refractivity contribution in [2.75, 3.05) is 19.4 Å². The first-order chi connectivity index (χ1) is 20.1. The van der Waals surface area contributed by atoms with E-state index in [2.05, 4.69) is 0 Å². The molecule has 0 bridgehead atoms. The number of unbranched alkanes of at least 4 members (excludes halogenated alkanes) is 19. The highest BCUT2D eigenvalue weighted by molar-refractivity contribution is 7.53. The third-order valence-electron chi connectivity index (χ3n) is 7.53. The molecule has 0 unspecified atom stereocenters. The minimum atomic E-state index is -6.80. The molecule has 0 rings (SSSR count). The number of rotatable bonds is 29. The van der Waals surface area contributed by atoms with E-state index in [0.29, 0.717) is 32.2 Å². The highest BCUT2D eigenvalue weighted by Gasteiger charge is 2.81. The lowest BCUT2D eigenvalue weighted by Gasteiger charge is -2.33. The lowest BCUT2D eigenvalue weighted by molar-refractivity contribution is -0.396. The van der Waals surface area contributed by atoms with E-state index in [1.807, 2.05) is 13.8 Å². The molecule has 13 heteroatoms. The summed E-state index contributed by atoms with van der Waals surface area (Å²) in [5, 5.41) is 0. The summed E-state index contributed by atoms with van der Waals surface area (Å²) in [5.41, 5.74) is 0. The zero-order chi connectivity index (χ0) is 32.9. The summed E-state index contributed by atoms with van der Waals surface area (Å²) in [4.78, 5) is 0. The van der Waals surface area contributed by atoms with Gasteiger partial charge < -0.3 is 9.05 Å². The highest BCUT2D eigenvalue weighted by Crippen LogP contribution is 2.54. The van der Waals surface area contributed by atoms with E-state index in [4.69, 9.17) is 9.05 Å². The average molecular weight is 665 g/mol. The highest BCUT2D eigenvalue weighted by atomic mass is 31.2. The van der Waals surface area contributed by atoms with Crippen molar-refractivity contribution < 1.29 is 53.1 Å². The molecule has 0 radical (unpaired) electrons. The van der Waals surface area contributed by atoms with Gasteiger partial charge in [0.25, 0.3) is 0 Å². The van der Waals surface area contributed by atoms with Gasteiger partial charge in [-0.1, -0.05) is 116 Å². The maximum atomic E-state index is 13.5. The van der Waals surface area contributed by atoms with E-state index in [9.17, 15) is 44.1 Å². The van der Waals surface area contributed by atoms with Crippen LogP contribution in [0.5, 0.6) is 0 Å². The first-order valence-electron chi connectivity index (χ1n) is 16.2. The fraction of sp³-hybridized carbons (Fsp3) is 1.00. The Morgan fingerprint density at radius 3 is 1.00 bits per heavy atom. The second-order valence-electron chi connectivity index (χ2n) is 11.3. The summed E-state index contributed by atoms with van der Waals surface area (Å²) in [6.07, 6.45) is 10.5. The van der Waals surface area contributed by atoms with Gasteiger partial charge >= 0.3 is 31.5 Å². The maximum absolute atomic E-state index is 13.5. The monoisotopic (exact) mass is 664 g/mol. The topological polar surface area (TPSA) is 35.5 Å². The second-order valence-corrected chi connectivity index (χ2v) is 13.5. The molecule has 0 aliphatic heterocycles. The maximum Gasteiger partial charge on any atom is 0.460 e. The van der Waals surface area contributed by atoms with Crippen molar-refractivity contribution >= 4 is 7.60 Å². The van der Waals surface area contributed by atoms with E-state index in [0.717, 1.165) is 51.4 Å². The normalized spacial score (nSPS) is 13.7. The van der Waals surface area contributed by atoms with E-state index < -0.39 is 44.4 Å². The Hall–Kier alpha value is -0.480. The Balaban J connectivity index is 3.57. The fourth-order valence-corrected chi connectivity index (χ4v) is 6.69. The van der Waals surface area contributed by atoms with Crippen molar-refractivity contribution in [3.63, 3.8) is 0 Å². The Bertz CT molecular complexity index is 724. The molecule has 260 valence electrons. The molecule has 0 aromatic heterocycles. The van der Waals surface area contributed by atoms with Crippen LogP contribution in [0.1, 0.15) is 149 Å². The summed E-state index contributed by atoms with van der Waals surface area (Å²) in [6.45, 7) is 4.44. The molecule has 3 nitrogen and oxygen atoms in total. The van der Waals surface area contributed by atoms with Gasteiger partial charge in [-0.2, -0.15) is 39.5 Å². The van der Waals surface area contributed by atoms with Gasteiger partial charge in [0.15, 0.2) is 0 Å². The van der Waals surface area contributed by atoms with Gasteiger partial charge in [-0.15, -0.1) is 0 Å². The van der Waals surface area contributed by atoms with Gasteiger partial charge in [0.05, 0.1) is 19.4 Å². The van der Waals surface area contributed by atoms with E-state index >= 15 is 0 Å². The molecule has 0 saturated heterocycles. The number of alkyl halides is 9. The van der Waals surface area contributed by atoms with Crippen molar-refractivity contribution in [2.24, 2.45) is 0 Å². The Morgan fingerprint density at radius 2 is 0.721 bits per heavy atom. The third-order valence-corrected chi connectivity index (χ3v) is 9.70. The Morgan fingerprint density at radius 1 is 0.442 bits per heavy atom. The van der Waals surface area contributed by atoms with E-state index in [-0.39, 0.29) is 6.42 Å². The van der Waals surface area contributed by atoms with Crippen LogP contribution in [-0.4, -0.2) is 43.3 Å². The number of hydrogen-bond acceptors (Lipinski definition) is 3. The minimum absolute atomic E-state index is 0.0668. The first-order valence-corrected chi connectivity index (χ1v) is 17.9. The van der Waals surface area contributed by atoms with Gasteiger partial charge in [0, 0.05) is 6.42 Å². The predicted octanol–water partition coefficient (Wildman–Crippen LogP) is 12.9. The molecule has 0 fully saturated rings. The van der Waals surface area contributed by atoms with Gasteiger partial charge in [-0.25, -0.2) is 0 Å². The summed E-state index contributed by atoms with van der Waals surface area (Å²) >= 11 is 0. The quantitative estimate of drug-likeness (QED) is 0.0454. The van der Waals surface area contributed by atoms with Gasteiger partial charge in [-0.05, 0) is 26.7 Å². The Labute approximate surface area is 253 Å². The molecule has 0 atom stereocenters. The number of halogens is 9. The number of hydrogen-bond donors (Lipinski definition) is 0. The van der Waals surface area contributed by atoms with Crippen LogP contribution < -0.4 is 0 Å². The smallest absolute Gasteiger partial charge is 0.309 e. The first kappa shape index (κ1) is 42.5. The van der Waals surface area contributed by atoms with Crippen molar-refractivity contribution in [1.29, 1.82) is 0 Å². The lowest BCUT2D eigenvalue weighted by atomic mass is 9.97. The van der Waals surface area contributed by atoms with Crippen LogP contribution in [0, 0.1) is 0 Å². The predicted molar refractivity (Wildman–Crippen MR) is 154 cm³/mol. The summed E-state index contributed by atoms with van der Waals surface area (Å²) in [5.74, 6) is -18.7. The van der Waals surface area contributed by atoms with Gasteiger partial charge in [0.2, 0.25) is 0 Å². The molecular formula is C30H54F9O3P. The molecular weight excluding hydrogens is 610 g/mol. The SMILES string of the molecule is CCOP(=O)(CCCCCCCCCCCCCCCCCCCCCCC(F)(F)C(F)(F)C(F)(F)C(F)(F)F)OCC. The van der Waals surface area contributed by atoms with E-state index in [1.54, 1.807) is 0 Å². The van der Waals surface area contributed by atoms with Crippen LogP contribution in [-0.2, 0) is 13.6 Å². The molecule has 0 spiro atoms. The Kier molecular flexibility index (Phi) is 21.9. The molecule has 0 aromatic carbocycles. The fourth-order valence-electron chi connectivity index (χ4n) is 4.96. The molecule has 0 aliphatic rings. The van der Waals surface area contributed by atoms with Crippen molar-refractivity contribution in [1.82, 2.24) is 0 Å². The molecule has 43 heavy (non-hydrogen) atoms. The second kappa shape index (κ2) is 22.1. The third kappa shape index (κ3) is 17.1. The zero-order valence-electron chi connectivity index (χ0n) is 26.0. The minimum Gasteiger partial charge on any atom is -0.309 e. The van der Waals surface area contributed by atoms with Crippen LogP contribution >= 0.6 is 7.60 Å². The largest absolute Gasteiger partial charge is 0.460 e. The molecule has 0 aliphatic carbocycles. The van der Waals surface area contributed by atoms with E-state index in [1.165, 1.54) is 51.4 Å². The lowest BCUT2D eigenvalue weighted by Crippen LogP contribution is -2.60. The van der Waals surface area contributed by atoms with Crippen molar-refractivity contribution in [2.45, 2.75) is 173 Å². The standard InChI is InChI=1S/C30H54F9O3P/c1-3-41-43(40,42-4-2)26-24-22-20-18-16-14-12-10-8-6-5-7-9-11-13-15-17-19-21-23-25-27(31,32)28(33,34)29(35,36)30(37,38)39/h3-26H2,1-2H3. The summed E-state index contributed by atoms with van der Waals surface area (Å²) in [6, 6.07) is 0. The summed E-state index contributed by atoms with van der Waals surface area (Å²) in [7, 11) is -2.91. The molecule has 0 saturated carbocycles. The summed E-state index contributed by atoms with van der Waals surface area (Å²) < 4.78 is 139. The molecule has 0 heterocycles. The van der Waals surface area contributed by atoms with Crippen molar-refractivity contribution in [3.05, 3.63) is 0 Å². The molecule has 0 N–H and O–H groups in total. The average Bonchev–Trinajstić information content (AvgIpc) is 2.91. The molecule has 0 aromatic rings. The van der Waals surface area contributed by atoms with Gasteiger partial charge in [-0.3, -0.25) is 4.57 Å².